The molecule has 0 spiro atoms. The number of benzene rings is 4. The number of hydrogen-bond acceptors (Lipinski definition) is 6. The molecule has 0 bridgehead atoms. The lowest BCUT2D eigenvalue weighted by atomic mass is 9.91. The third-order valence-corrected chi connectivity index (χ3v) is 13.6. The highest BCUT2D eigenvalue weighted by atomic mass is 15.3. The van der Waals surface area contributed by atoms with Gasteiger partial charge < -0.3 is 9.80 Å². The number of para-hydroxylation sites is 4. The van der Waals surface area contributed by atoms with Crippen molar-refractivity contribution in [1.29, 1.82) is 0 Å². The van der Waals surface area contributed by atoms with Crippen LogP contribution in [0.2, 0.25) is 0 Å². The fourth-order valence-electron chi connectivity index (χ4n) is 10.8. The van der Waals surface area contributed by atoms with Gasteiger partial charge in [-0.3, -0.25) is 0 Å². The van der Waals surface area contributed by atoms with E-state index in [4.69, 9.17) is 20.5 Å². The predicted molar refractivity (Wildman–Crippen MR) is 239 cm³/mol. The number of fused-ring (bicyclic) bond motifs is 2. The molecule has 0 saturated heterocycles. The Balaban J connectivity index is 0.767. The third kappa shape index (κ3) is 7.09. The van der Waals surface area contributed by atoms with Crippen molar-refractivity contribution >= 4 is 56.7 Å². The minimum atomic E-state index is 0.846. The summed E-state index contributed by atoms with van der Waals surface area (Å²) in [6.07, 6.45) is 18.0. The molecular weight excluding hydrogens is 757 g/mol. The molecule has 4 aromatic carbocycles. The highest BCUT2D eigenvalue weighted by Crippen LogP contribution is 2.40. The number of azo groups is 2. The maximum Gasteiger partial charge on any atom is 0.422 e. The zero-order valence-corrected chi connectivity index (χ0v) is 35.8. The molecule has 0 saturated carbocycles. The molecule has 310 valence electrons. The molecule has 0 aliphatic carbocycles. The molecule has 61 heavy (non-hydrogen) atoms. The smallest absolute Gasteiger partial charge is 0.371 e. The molecule has 0 unspecified atom stereocenters. The summed E-state index contributed by atoms with van der Waals surface area (Å²) in [5.74, 6) is 1.76. The zero-order valence-electron chi connectivity index (χ0n) is 35.8. The molecule has 12 nitrogen and oxygen atoms in total. The predicted octanol–water partition coefficient (Wildman–Crippen LogP) is 8.74. The Morgan fingerprint density at radius 1 is 0.541 bits per heavy atom. The van der Waals surface area contributed by atoms with Gasteiger partial charge in [0.15, 0.2) is 0 Å². The lowest BCUT2D eigenvalue weighted by molar-refractivity contribution is -0.697. The van der Waals surface area contributed by atoms with Crippen molar-refractivity contribution < 1.29 is 13.7 Å². The van der Waals surface area contributed by atoms with E-state index in [1.165, 1.54) is 108 Å². The van der Waals surface area contributed by atoms with E-state index in [0.29, 0.717) is 0 Å². The number of aryl methyl sites for hydroxylation is 10. The van der Waals surface area contributed by atoms with Crippen LogP contribution < -0.4 is 23.5 Å². The molecule has 0 N–H and O–H groups in total. The maximum atomic E-state index is 4.95. The van der Waals surface area contributed by atoms with Crippen LogP contribution in [-0.2, 0) is 66.0 Å². The Morgan fingerprint density at radius 2 is 1.00 bits per heavy atom. The summed E-state index contributed by atoms with van der Waals surface area (Å²) in [5.41, 5.74) is 15.3. The van der Waals surface area contributed by atoms with Crippen LogP contribution in [0.5, 0.6) is 0 Å². The summed E-state index contributed by atoms with van der Waals surface area (Å²) in [7, 11) is 4.22. The van der Waals surface area contributed by atoms with Crippen LogP contribution in [0.4, 0.5) is 34.6 Å². The van der Waals surface area contributed by atoms with Gasteiger partial charge in [0.25, 0.3) is 0 Å². The fourth-order valence-corrected chi connectivity index (χ4v) is 10.8. The Morgan fingerprint density at radius 3 is 1.49 bits per heavy atom. The summed E-state index contributed by atoms with van der Waals surface area (Å²) in [4.78, 5) is 5.16. The van der Waals surface area contributed by atoms with E-state index in [9.17, 15) is 0 Å². The zero-order chi connectivity index (χ0) is 40.9. The highest BCUT2D eigenvalue weighted by Gasteiger charge is 2.28. The van der Waals surface area contributed by atoms with Crippen molar-refractivity contribution in [3.63, 3.8) is 0 Å². The Labute approximate surface area is 357 Å². The molecule has 0 atom stereocenters. The minimum absolute atomic E-state index is 0.846. The molecule has 12 heteroatoms. The molecule has 4 aliphatic rings. The van der Waals surface area contributed by atoms with E-state index >= 15 is 0 Å². The summed E-state index contributed by atoms with van der Waals surface area (Å²) in [6.45, 7) is 8.22. The van der Waals surface area contributed by atoms with Crippen LogP contribution in [-0.4, -0.2) is 39.9 Å². The highest BCUT2D eigenvalue weighted by molar-refractivity contribution is 5.75. The van der Waals surface area contributed by atoms with E-state index in [1.807, 2.05) is 0 Å². The number of anilines is 2. The molecule has 0 radical (unpaired) electrons. The lowest BCUT2D eigenvalue weighted by Gasteiger charge is -2.36. The summed E-state index contributed by atoms with van der Waals surface area (Å²) in [5, 5.41) is 19.7. The maximum absolute atomic E-state index is 4.95. The van der Waals surface area contributed by atoms with Gasteiger partial charge in [0.2, 0.25) is 6.33 Å². The van der Waals surface area contributed by atoms with Gasteiger partial charge in [-0.2, -0.15) is 0 Å². The van der Waals surface area contributed by atoms with Crippen molar-refractivity contribution in [3.05, 3.63) is 114 Å². The summed E-state index contributed by atoms with van der Waals surface area (Å²) < 4.78 is 13.7. The number of hydrogen-bond donors (Lipinski definition) is 0. The lowest BCUT2D eigenvalue weighted by Crippen LogP contribution is -2.34. The second-order valence-electron chi connectivity index (χ2n) is 17.6. The Kier molecular flexibility index (Phi) is 9.93. The average Bonchev–Trinajstić information content (AvgIpc) is 3.94. The van der Waals surface area contributed by atoms with Gasteiger partial charge in [-0.1, -0.05) is 34.5 Å². The molecule has 3 aromatic heterocycles. The molecular formula is C49H57N12+3. The quantitative estimate of drug-likeness (QED) is 0.0914. The van der Waals surface area contributed by atoms with Crippen LogP contribution in [0.3, 0.4) is 0 Å². The van der Waals surface area contributed by atoms with Gasteiger partial charge >= 0.3 is 11.9 Å². The number of nitrogens with zero attached hydrogens (tertiary/aromatic N) is 12. The summed E-state index contributed by atoms with van der Waals surface area (Å²) >= 11 is 0. The Bertz CT molecular complexity index is 2590. The van der Waals surface area contributed by atoms with E-state index in [2.05, 4.69) is 143 Å². The standard InChI is InChI=1S/C49H57N12/c1-54-42-17-3-5-19-44(42)60(48(54)52-50-40-31-36-13-7-23-58-24-8-14-37(32-40)46(36)58)27-11-21-56-29-30-57(35-56)22-12-28-61-45-20-6-4-18-43(45)55(2)49(61)53-51-41-33-38-15-9-25-59-26-10-16-39(34-41)47(38)59/h3-6,17-20,29-35H,7-16,21-28H2,1-2H3/q+3. The van der Waals surface area contributed by atoms with Gasteiger partial charge in [0.05, 0.1) is 40.3 Å². The minimum Gasteiger partial charge on any atom is -0.371 e. The van der Waals surface area contributed by atoms with Crippen molar-refractivity contribution in [3.8, 4) is 0 Å². The Hall–Kier alpha value is -6.17. The van der Waals surface area contributed by atoms with Gasteiger partial charge in [-0.15, -0.1) is 0 Å². The summed E-state index contributed by atoms with van der Waals surface area (Å²) in [6, 6.07) is 26.3. The number of imidazole rings is 3. The largest absolute Gasteiger partial charge is 0.422 e. The van der Waals surface area contributed by atoms with Gasteiger partial charge in [-0.05, 0) is 122 Å². The van der Waals surface area contributed by atoms with E-state index in [0.717, 1.165) is 88.0 Å². The monoisotopic (exact) mass is 813 g/mol. The van der Waals surface area contributed by atoms with E-state index < -0.39 is 0 Å². The normalized spacial score (nSPS) is 16.1. The van der Waals surface area contributed by atoms with Crippen LogP contribution in [0.1, 0.15) is 60.8 Å². The van der Waals surface area contributed by atoms with Crippen LogP contribution in [0.15, 0.2) is 112 Å². The van der Waals surface area contributed by atoms with Crippen molar-refractivity contribution in [2.75, 3.05) is 36.0 Å². The van der Waals surface area contributed by atoms with E-state index in [1.54, 1.807) is 0 Å². The molecule has 7 heterocycles. The first-order chi connectivity index (χ1) is 30.1. The number of rotatable bonds is 12. The van der Waals surface area contributed by atoms with Crippen molar-refractivity contribution in [2.45, 2.75) is 90.4 Å². The second kappa shape index (κ2) is 16.0. The molecule has 0 amide bonds. The van der Waals surface area contributed by atoms with Crippen molar-refractivity contribution in [2.24, 2.45) is 34.6 Å². The second-order valence-corrected chi connectivity index (χ2v) is 17.6. The molecule has 11 rings (SSSR count). The first-order valence-corrected chi connectivity index (χ1v) is 22.7. The molecule has 0 fully saturated rings. The van der Waals surface area contributed by atoms with Crippen LogP contribution in [0.25, 0.3) is 22.1 Å². The number of aromatic nitrogens is 6. The first-order valence-electron chi connectivity index (χ1n) is 22.7. The van der Waals surface area contributed by atoms with Gasteiger partial charge in [0, 0.05) is 60.6 Å². The SMILES string of the molecule is C[n+]1c(N=Nc2cc3c4c(c2)CCCN4CCC3)n(CCCn2cc[n+](CCCn3c(N=Nc4cc5c6c(c4)CCCN6CCC5)[n+](C)c4ccccc43)c2)c2ccccc21. The topological polar surface area (TPSA) is 82.3 Å². The van der Waals surface area contributed by atoms with Crippen LogP contribution in [0, 0.1) is 0 Å². The third-order valence-electron chi connectivity index (χ3n) is 13.6. The van der Waals surface area contributed by atoms with Crippen LogP contribution >= 0.6 is 0 Å². The first kappa shape index (κ1) is 37.8. The fraction of sp³-hybridized carbons (Fsp3) is 0.408. The van der Waals surface area contributed by atoms with Gasteiger partial charge in [0.1, 0.15) is 45.8 Å². The van der Waals surface area contributed by atoms with E-state index in [-0.39, 0.29) is 0 Å². The molecule has 7 aromatic rings. The molecule has 4 aliphatic heterocycles. The van der Waals surface area contributed by atoms with Gasteiger partial charge in [-0.25, -0.2) is 27.4 Å². The van der Waals surface area contributed by atoms with Crippen molar-refractivity contribution in [1.82, 2.24) is 13.7 Å². The average molecular weight is 814 g/mol.